The van der Waals surface area contributed by atoms with Crippen LogP contribution in [-0.2, 0) is 23.7 Å². The van der Waals surface area contributed by atoms with Gasteiger partial charge >= 0.3 is 5.97 Å². The summed E-state index contributed by atoms with van der Waals surface area (Å²) in [5.41, 5.74) is -0.793. The Morgan fingerprint density at radius 3 is 2.00 bits per heavy atom. The van der Waals surface area contributed by atoms with Crippen molar-refractivity contribution in [1.29, 1.82) is 5.26 Å². The van der Waals surface area contributed by atoms with Gasteiger partial charge in [-0.05, 0) is 0 Å². The highest BCUT2D eigenvalue weighted by molar-refractivity contribution is 5.81. The standard InChI is InChI=1S/C17H23N3O5/c1-4-16(21)25-15-17(12-22-9-5-6-18,13-23-10-7-19-2)14-24-11-8-20-3/h4H,1,5,7-15H2. The lowest BCUT2D eigenvalue weighted by atomic mass is 9.92. The molecule has 0 amide bonds. The SMILES string of the molecule is [C-]#[N+]CCOCC(COCCC#N)(COCC[N+]#[C-])COC(=O)C=C. The van der Waals surface area contributed by atoms with Gasteiger partial charge in [0.25, 0.3) is 0 Å². The number of carbonyl (C=O) groups excluding carboxylic acids is 1. The van der Waals surface area contributed by atoms with Crippen molar-refractivity contribution < 1.29 is 23.7 Å². The summed E-state index contributed by atoms with van der Waals surface area (Å²) in [5.74, 6) is -0.580. The van der Waals surface area contributed by atoms with Crippen LogP contribution in [0.2, 0.25) is 0 Å². The van der Waals surface area contributed by atoms with Crippen molar-refractivity contribution in [3.8, 4) is 6.07 Å². The Kier molecular flexibility index (Phi) is 13.6. The van der Waals surface area contributed by atoms with Gasteiger partial charge in [0.1, 0.15) is 19.8 Å². The summed E-state index contributed by atoms with van der Waals surface area (Å²) >= 11 is 0. The Morgan fingerprint density at radius 1 is 1.04 bits per heavy atom. The second-order valence-corrected chi connectivity index (χ2v) is 5.14. The maximum Gasteiger partial charge on any atom is 0.330 e. The van der Waals surface area contributed by atoms with E-state index in [0.29, 0.717) is 0 Å². The molecule has 0 saturated heterocycles. The van der Waals surface area contributed by atoms with Gasteiger partial charge in [-0.2, -0.15) is 5.26 Å². The molecule has 0 radical (unpaired) electrons. The molecule has 0 rings (SSSR count). The van der Waals surface area contributed by atoms with E-state index in [1.165, 1.54) is 0 Å². The lowest BCUT2D eigenvalue weighted by Crippen LogP contribution is -2.42. The monoisotopic (exact) mass is 349 g/mol. The molecule has 0 spiro atoms. The van der Waals surface area contributed by atoms with Crippen LogP contribution in [0.5, 0.6) is 0 Å². The Bertz CT molecular complexity index is 461. The van der Waals surface area contributed by atoms with Gasteiger partial charge in [-0.3, -0.25) is 0 Å². The topological polar surface area (TPSA) is 86.5 Å². The molecule has 0 aliphatic rings. The third-order valence-electron chi connectivity index (χ3n) is 2.97. The van der Waals surface area contributed by atoms with Crippen LogP contribution in [-0.4, -0.2) is 65.3 Å². The predicted octanol–water partition coefficient (Wildman–Crippen LogP) is 1.50. The lowest BCUT2D eigenvalue weighted by molar-refractivity contribution is -0.150. The van der Waals surface area contributed by atoms with Crippen LogP contribution in [0.15, 0.2) is 12.7 Å². The van der Waals surface area contributed by atoms with E-state index >= 15 is 0 Å². The molecule has 0 aliphatic heterocycles. The molecule has 0 aromatic heterocycles. The van der Waals surface area contributed by atoms with Crippen molar-refractivity contribution in [2.24, 2.45) is 5.41 Å². The molecule has 0 fully saturated rings. The normalized spacial score (nSPS) is 10.3. The van der Waals surface area contributed by atoms with Crippen molar-refractivity contribution in [2.75, 3.05) is 59.3 Å². The molecular weight excluding hydrogens is 326 g/mol. The Balaban J connectivity index is 4.89. The van der Waals surface area contributed by atoms with E-state index in [0.717, 1.165) is 6.08 Å². The van der Waals surface area contributed by atoms with Crippen LogP contribution in [0.4, 0.5) is 0 Å². The van der Waals surface area contributed by atoms with E-state index < -0.39 is 11.4 Å². The van der Waals surface area contributed by atoms with Gasteiger partial charge in [0.15, 0.2) is 0 Å². The molecule has 0 aliphatic carbocycles. The van der Waals surface area contributed by atoms with Crippen LogP contribution in [0, 0.1) is 29.9 Å². The highest BCUT2D eigenvalue weighted by Crippen LogP contribution is 2.21. The van der Waals surface area contributed by atoms with Gasteiger partial charge in [-0.25, -0.2) is 17.9 Å². The summed E-state index contributed by atoms with van der Waals surface area (Å²) in [5, 5.41) is 8.59. The Morgan fingerprint density at radius 2 is 1.56 bits per heavy atom. The fourth-order valence-electron chi connectivity index (χ4n) is 1.74. The minimum atomic E-state index is -0.793. The van der Waals surface area contributed by atoms with Crippen LogP contribution in [0.3, 0.4) is 0 Å². The van der Waals surface area contributed by atoms with Gasteiger partial charge in [-0.1, -0.05) is 6.58 Å². The van der Waals surface area contributed by atoms with E-state index in [9.17, 15) is 4.79 Å². The zero-order chi connectivity index (χ0) is 18.8. The molecular formula is C17H23N3O5. The first-order valence-electron chi connectivity index (χ1n) is 7.70. The molecule has 0 aromatic carbocycles. The van der Waals surface area contributed by atoms with Gasteiger partial charge < -0.3 is 28.6 Å². The molecule has 25 heavy (non-hydrogen) atoms. The molecule has 0 unspecified atom stereocenters. The number of hydrogen-bond donors (Lipinski definition) is 0. The van der Waals surface area contributed by atoms with Crippen molar-refractivity contribution >= 4 is 5.97 Å². The first-order chi connectivity index (χ1) is 12.1. The van der Waals surface area contributed by atoms with Crippen molar-refractivity contribution in [3.63, 3.8) is 0 Å². The summed E-state index contributed by atoms with van der Waals surface area (Å²) in [7, 11) is 0. The highest BCUT2D eigenvalue weighted by Gasteiger charge is 2.34. The zero-order valence-corrected chi connectivity index (χ0v) is 14.2. The largest absolute Gasteiger partial charge is 0.462 e. The Hall–Kier alpha value is -2.44. The maximum atomic E-state index is 11.4. The first-order valence-corrected chi connectivity index (χ1v) is 7.70. The first kappa shape index (κ1) is 22.6. The molecule has 0 aromatic rings. The van der Waals surface area contributed by atoms with E-state index in [2.05, 4.69) is 16.3 Å². The molecule has 0 bridgehead atoms. The van der Waals surface area contributed by atoms with Crippen LogP contribution in [0.25, 0.3) is 9.69 Å². The van der Waals surface area contributed by atoms with Crippen molar-refractivity contribution in [3.05, 3.63) is 35.5 Å². The van der Waals surface area contributed by atoms with Crippen LogP contribution >= 0.6 is 0 Å². The van der Waals surface area contributed by atoms with Gasteiger partial charge in [0, 0.05) is 6.08 Å². The van der Waals surface area contributed by atoms with E-state index in [-0.39, 0.29) is 65.8 Å². The van der Waals surface area contributed by atoms with E-state index in [4.69, 9.17) is 37.4 Å². The predicted molar refractivity (Wildman–Crippen MR) is 89.2 cm³/mol. The second-order valence-electron chi connectivity index (χ2n) is 5.14. The quantitative estimate of drug-likeness (QED) is 0.193. The summed E-state index contributed by atoms with van der Waals surface area (Å²) in [6.07, 6.45) is 1.29. The average molecular weight is 349 g/mol. The summed E-state index contributed by atoms with van der Waals surface area (Å²) < 4.78 is 21.7. The number of carbonyl (C=O) groups is 1. The average Bonchev–Trinajstić information content (AvgIpc) is 2.63. The molecule has 0 N–H and O–H groups in total. The van der Waals surface area contributed by atoms with Crippen molar-refractivity contribution in [1.82, 2.24) is 0 Å². The van der Waals surface area contributed by atoms with Crippen molar-refractivity contribution in [2.45, 2.75) is 6.42 Å². The fourth-order valence-corrected chi connectivity index (χ4v) is 1.74. The maximum absolute atomic E-state index is 11.4. The number of rotatable bonds is 15. The smallest absolute Gasteiger partial charge is 0.330 e. The molecule has 8 nitrogen and oxygen atoms in total. The number of ether oxygens (including phenoxy) is 4. The number of nitrogens with zero attached hydrogens (tertiary/aromatic N) is 3. The minimum Gasteiger partial charge on any atom is -0.462 e. The van der Waals surface area contributed by atoms with Crippen LogP contribution in [0.1, 0.15) is 6.42 Å². The van der Waals surface area contributed by atoms with Gasteiger partial charge in [-0.15, -0.1) is 0 Å². The number of esters is 1. The molecule has 0 saturated carbocycles. The summed E-state index contributed by atoms with van der Waals surface area (Å²) in [4.78, 5) is 17.8. The Labute approximate surface area is 148 Å². The van der Waals surface area contributed by atoms with Gasteiger partial charge in [0.2, 0.25) is 13.1 Å². The van der Waals surface area contributed by atoms with E-state index in [1.54, 1.807) is 0 Å². The second kappa shape index (κ2) is 15.1. The number of nitriles is 1. The number of hydrogen-bond acceptors (Lipinski definition) is 6. The highest BCUT2D eigenvalue weighted by atomic mass is 16.5. The van der Waals surface area contributed by atoms with Crippen LogP contribution < -0.4 is 0 Å². The minimum absolute atomic E-state index is 0.0273. The summed E-state index contributed by atoms with van der Waals surface area (Å²) in [6, 6.07) is 1.98. The van der Waals surface area contributed by atoms with E-state index in [1.807, 2.05) is 6.07 Å². The summed E-state index contributed by atoms with van der Waals surface area (Å²) in [6.45, 7) is 18.5. The molecule has 8 heteroatoms. The lowest BCUT2D eigenvalue weighted by Gasteiger charge is -2.32. The molecule has 136 valence electrons. The third kappa shape index (κ3) is 11.7. The van der Waals surface area contributed by atoms with Gasteiger partial charge in [0.05, 0.1) is 44.3 Å². The zero-order valence-electron chi connectivity index (χ0n) is 14.2. The molecule has 0 heterocycles. The third-order valence-corrected chi connectivity index (χ3v) is 2.97. The molecule has 0 atom stereocenters. The fraction of sp³-hybridized carbons (Fsp3) is 0.647.